The number of carboxylic acid groups (broad SMARTS) is 1. The van der Waals surface area contributed by atoms with Crippen LogP contribution in [0.2, 0.25) is 0 Å². The molecule has 0 aromatic heterocycles. The molecule has 0 radical (unpaired) electrons. The van der Waals surface area contributed by atoms with Gasteiger partial charge in [0.05, 0.1) is 6.42 Å². The van der Waals surface area contributed by atoms with E-state index in [0.29, 0.717) is 0 Å². The molecule has 0 unspecified atom stereocenters. The van der Waals surface area contributed by atoms with Gasteiger partial charge in [0.2, 0.25) is 5.91 Å². The van der Waals surface area contributed by atoms with Crippen LogP contribution in [-0.4, -0.2) is 23.5 Å². The Kier molecular flexibility index (Phi) is 7.11. The summed E-state index contributed by atoms with van der Waals surface area (Å²) in [4.78, 5) is 21.2. The maximum atomic E-state index is 10.7. The summed E-state index contributed by atoms with van der Waals surface area (Å²) in [6, 6.07) is 7.52. The van der Waals surface area contributed by atoms with Crippen molar-refractivity contribution in [2.75, 3.05) is 6.54 Å². The van der Waals surface area contributed by atoms with E-state index in [9.17, 15) is 9.59 Å². The Hall–Kier alpha value is -2.10. The molecule has 0 aliphatic carbocycles. The fraction of sp³-hybridized carbons (Fsp3) is 0.375. The standard InChI is InChI=1S/C16H21NO3/c1-13(18)17-11-5-3-2-4-6-14-7-9-15(10-8-14)12-16(19)20/h4,6-10H,2-3,5,11-12H2,1H3,(H,17,18)(H,19,20). The number of rotatable bonds is 8. The quantitative estimate of drug-likeness (QED) is 0.717. The zero-order chi connectivity index (χ0) is 14.8. The van der Waals surface area contributed by atoms with Gasteiger partial charge in [-0.2, -0.15) is 0 Å². The van der Waals surface area contributed by atoms with Crippen molar-refractivity contribution in [3.63, 3.8) is 0 Å². The first-order chi connectivity index (χ1) is 9.58. The van der Waals surface area contributed by atoms with Crippen LogP contribution in [0.4, 0.5) is 0 Å². The van der Waals surface area contributed by atoms with E-state index in [0.717, 1.165) is 36.9 Å². The highest BCUT2D eigenvalue weighted by Crippen LogP contribution is 2.08. The lowest BCUT2D eigenvalue weighted by molar-refractivity contribution is -0.136. The molecule has 4 nitrogen and oxygen atoms in total. The molecule has 0 bridgehead atoms. The molecule has 108 valence electrons. The number of benzene rings is 1. The van der Waals surface area contributed by atoms with Crippen molar-refractivity contribution in [1.29, 1.82) is 0 Å². The molecule has 0 saturated heterocycles. The third-order valence-corrected chi connectivity index (χ3v) is 2.82. The normalized spacial score (nSPS) is 10.7. The van der Waals surface area contributed by atoms with Gasteiger partial charge in [0.15, 0.2) is 0 Å². The van der Waals surface area contributed by atoms with Crippen LogP contribution in [0.25, 0.3) is 6.08 Å². The molecule has 20 heavy (non-hydrogen) atoms. The summed E-state index contributed by atoms with van der Waals surface area (Å²) < 4.78 is 0. The summed E-state index contributed by atoms with van der Waals surface area (Å²) >= 11 is 0. The number of carbonyl (C=O) groups is 2. The first-order valence-corrected chi connectivity index (χ1v) is 6.79. The molecule has 0 fully saturated rings. The average molecular weight is 275 g/mol. The first-order valence-electron chi connectivity index (χ1n) is 6.79. The minimum absolute atomic E-state index is 0.0157. The Morgan fingerprint density at radius 3 is 2.50 bits per heavy atom. The monoisotopic (exact) mass is 275 g/mol. The molecule has 0 heterocycles. The van der Waals surface area contributed by atoms with Crippen molar-refractivity contribution in [2.45, 2.75) is 32.6 Å². The van der Waals surface area contributed by atoms with Crippen LogP contribution in [0.15, 0.2) is 30.3 Å². The Labute approximate surface area is 119 Å². The number of unbranched alkanes of at least 4 members (excludes halogenated alkanes) is 2. The van der Waals surface area contributed by atoms with Crippen molar-refractivity contribution in [3.05, 3.63) is 41.5 Å². The molecule has 1 rings (SSSR count). The van der Waals surface area contributed by atoms with Gasteiger partial charge in [-0.25, -0.2) is 0 Å². The van der Waals surface area contributed by atoms with E-state index in [1.807, 2.05) is 30.3 Å². The van der Waals surface area contributed by atoms with Crippen LogP contribution < -0.4 is 5.32 Å². The van der Waals surface area contributed by atoms with Crippen LogP contribution in [0.1, 0.15) is 37.3 Å². The highest BCUT2D eigenvalue weighted by molar-refractivity contribution is 5.72. The van der Waals surface area contributed by atoms with Crippen molar-refractivity contribution in [3.8, 4) is 0 Å². The van der Waals surface area contributed by atoms with Gasteiger partial charge in [-0.1, -0.05) is 36.4 Å². The lowest BCUT2D eigenvalue weighted by atomic mass is 10.1. The fourth-order valence-corrected chi connectivity index (χ4v) is 1.79. The molecule has 0 aliphatic rings. The average Bonchev–Trinajstić information content (AvgIpc) is 2.38. The third-order valence-electron chi connectivity index (χ3n) is 2.82. The van der Waals surface area contributed by atoms with Crippen LogP contribution in [0.5, 0.6) is 0 Å². The van der Waals surface area contributed by atoms with Gasteiger partial charge in [0.1, 0.15) is 0 Å². The van der Waals surface area contributed by atoms with E-state index in [1.165, 1.54) is 6.92 Å². The number of nitrogens with one attached hydrogen (secondary N) is 1. The molecular formula is C16H21NO3. The van der Waals surface area contributed by atoms with E-state index in [2.05, 4.69) is 11.4 Å². The summed E-state index contributed by atoms with van der Waals surface area (Å²) in [6.07, 6.45) is 7.17. The largest absolute Gasteiger partial charge is 0.481 e. The van der Waals surface area contributed by atoms with Gasteiger partial charge in [0.25, 0.3) is 0 Å². The lowest BCUT2D eigenvalue weighted by Crippen LogP contribution is -2.20. The number of carbonyl (C=O) groups excluding carboxylic acids is 1. The number of hydrogen-bond acceptors (Lipinski definition) is 2. The summed E-state index contributed by atoms with van der Waals surface area (Å²) in [7, 11) is 0. The SMILES string of the molecule is CC(=O)NCCCCC=Cc1ccc(CC(=O)O)cc1. The number of carboxylic acids is 1. The number of hydrogen-bond donors (Lipinski definition) is 2. The minimum atomic E-state index is -0.813. The van der Waals surface area contributed by atoms with E-state index in [1.54, 1.807) is 0 Å². The molecule has 0 atom stereocenters. The van der Waals surface area contributed by atoms with Crippen LogP contribution in [0, 0.1) is 0 Å². The second kappa shape index (κ2) is 8.91. The molecule has 1 aromatic rings. The number of aliphatic carboxylic acids is 1. The van der Waals surface area contributed by atoms with Crippen LogP contribution in [0.3, 0.4) is 0 Å². The van der Waals surface area contributed by atoms with E-state index in [-0.39, 0.29) is 12.3 Å². The van der Waals surface area contributed by atoms with Crippen molar-refractivity contribution >= 4 is 18.0 Å². The molecule has 1 aromatic carbocycles. The summed E-state index contributed by atoms with van der Waals surface area (Å²) in [6.45, 7) is 2.25. The predicted molar refractivity (Wildman–Crippen MR) is 79.4 cm³/mol. The molecule has 2 N–H and O–H groups in total. The molecule has 0 aliphatic heterocycles. The zero-order valence-electron chi connectivity index (χ0n) is 11.8. The summed E-state index contributed by atoms with van der Waals surface area (Å²) in [5.41, 5.74) is 1.88. The van der Waals surface area contributed by atoms with Gasteiger partial charge in [0, 0.05) is 13.5 Å². The number of amides is 1. The highest BCUT2D eigenvalue weighted by atomic mass is 16.4. The summed E-state index contributed by atoms with van der Waals surface area (Å²) in [5, 5.41) is 11.4. The second-order valence-corrected chi connectivity index (χ2v) is 4.69. The van der Waals surface area contributed by atoms with Gasteiger partial charge in [-0.05, 0) is 30.4 Å². The van der Waals surface area contributed by atoms with Crippen molar-refractivity contribution in [2.24, 2.45) is 0 Å². The molecule has 0 saturated carbocycles. The van der Waals surface area contributed by atoms with Gasteiger partial charge < -0.3 is 10.4 Å². The number of allylic oxidation sites excluding steroid dienone is 1. The molecule has 4 heteroatoms. The summed E-state index contributed by atoms with van der Waals surface area (Å²) in [5.74, 6) is -0.797. The van der Waals surface area contributed by atoms with Crippen LogP contribution in [-0.2, 0) is 16.0 Å². The zero-order valence-corrected chi connectivity index (χ0v) is 11.8. The topological polar surface area (TPSA) is 66.4 Å². The third kappa shape index (κ3) is 7.36. The molecule has 1 amide bonds. The maximum Gasteiger partial charge on any atom is 0.307 e. The van der Waals surface area contributed by atoms with Crippen LogP contribution >= 0.6 is 0 Å². The first kappa shape index (κ1) is 16.0. The lowest BCUT2D eigenvalue weighted by Gasteiger charge is -2.00. The van der Waals surface area contributed by atoms with Gasteiger partial charge >= 0.3 is 5.97 Å². The van der Waals surface area contributed by atoms with Crippen molar-refractivity contribution < 1.29 is 14.7 Å². The van der Waals surface area contributed by atoms with E-state index < -0.39 is 5.97 Å². The smallest absolute Gasteiger partial charge is 0.307 e. The maximum absolute atomic E-state index is 10.7. The van der Waals surface area contributed by atoms with E-state index in [4.69, 9.17) is 5.11 Å². The fourth-order valence-electron chi connectivity index (χ4n) is 1.79. The molecule has 0 spiro atoms. The Balaban J connectivity index is 2.25. The Morgan fingerprint density at radius 1 is 1.20 bits per heavy atom. The van der Waals surface area contributed by atoms with E-state index >= 15 is 0 Å². The van der Waals surface area contributed by atoms with Gasteiger partial charge in [-0.3, -0.25) is 9.59 Å². The predicted octanol–water partition coefficient (Wildman–Crippen LogP) is 2.63. The van der Waals surface area contributed by atoms with Crippen molar-refractivity contribution in [1.82, 2.24) is 5.32 Å². The Morgan fingerprint density at radius 2 is 1.90 bits per heavy atom. The second-order valence-electron chi connectivity index (χ2n) is 4.69. The van der Waals surface area contributed by atoms with Gasteiger partial charge in [-0.15, -0.1) is 0 Å². The highest BCUT2D eigenvalue weighted by Gasteiger charge is 1.98. The Bertz CT molecular complexity index is 463. The molecular weight excluding hydrogens is 254 g/mol. The minimum Gasteiger partial charge on any atom is -0.481 e.